The zero-order valence-corrected chi connectivity index (χ0v) is 28.8. The fourth-order valence-electron chi connectivity index (χ4n) is 8.00. The van der Waals surface area contributed by atoms with Crippen molar-refractivity contribution in [2.75, 3.05) is 32.5 Å². The van der Waals surface area contributed by atoms with Crippen LogP contribution in [-0.2, 0) is 20.7 Å². The van der Waals surface area contributed by atoms with E-state index in [-0.39, 0.29) is 24.2 Å². The predicted molar refractivity (Wildman–Crippen MR) is 177 cm³/mol. The summed E-state index contributed by atoms with van der Waals surface area (Å²) < 4.78 is 37.7. The number of aliphatic carboxylic acids is 1. The van der Waals surface area contributed by atoms with Crippen molar-refractivity contribution in [1.82, 2.24) is 10.6 Å². The Morgan fingerprint density at radius 1 is 0.940 bits per heavy atom. The van der Waals surface area contributed by atoms with E-state index in [9.17, 15) is 32.7 Å². The molecule has 0 radical (unpaired) electrons. The van der Waals surface area contributed by atoms with E-state index in [1.54, 1.807) is 62.4 Å². The molecule has 14 heteroatoms. The standard InChI is InChI=1S/C34H46N4O5.C2HF3O2/c1-22(2)43-32(41)27-7-9-28(10-8-27)36-33(42)37-30(18-23-5-11-29(39)12-6-23)31(40)35-13-14-38(3,4)34-19-24-15-25(20-34)17-26(16-24)21-34;3-2(4,5)1(6)7/h5-12,22,24-26,30H,13-21H2,1-4H3,(H3-,35,36,37,39,40,41,42);(H,6,7)/t24?,25?,26?,30-,34?;/m0./s1. The highest BCUT2D eigenvalue weighted by atomic mass is 19.4. The van der Waals surface area contributed by atoms with Crippen molar-refractivity contribution >= 4 is 29.6 Å². The molecule has 0 unspecified atom stereocenters. The Hall–Kier alpha value is -4.33. The number of esters is 1. The number of quaternary nitrogens is 1. The van der Waals surface area contributed by atoms with Gasteiger partial charge in [0, 0.05) is 31.4 Å². The second kappa shape index (κ2) is 15.7. The zero-order valence-electron chi connectivity index (χ0n) is 28.8. The molecule has 11 nitrogen and oxygen atoms in total. The van der Waals surface area contributed by atoms with E-state index in [1.807, 2.05) is 0 Å². The molecule has 0 saturated heterocycles. The van der Waals surface area contributed by atoms with Crippen LogP contribution < -0.4 is 21.1 Å². The Bertz CT molecular complexity index is 1480. The minimum Gasteiger partial charge on any atom is -0.542 e. The molecule has 4 fully saturated rings. The van der Waals surface area contributed by atoms with Crippen LogP contribution in [0.3, 0.4) is 0 Å². The lowest BCUT2D eigenvalue weighted by molar-refractivity contribution is -0.946. The number of carbonyl (C=O) groups excluding carboxylic acids is 4. The number of amides is 3. The fraction of sp³-hybridized carbons (Fsp3) is 0.556. The van der Waals surface area contributed by atoms with Crippen LogP contribution in [0.15, 0.2) is 48.5 Å². The average Bonchev–Trinajstić information content (AvgIpc) is 3.01. The predicted octanol–water partition coefficient (Wildman–Crippen LogP) is 4.15. The fourth-order valence-corrected chi connectivity index (χ4v) is 8.00. The van der Waals surface area contributed by atoms with Gasteiger partial charge in [-0.3, -0.25) is 4.79 Å². The number of phenols is 1. The number of halogens is 3. The second-order valence-corrected chi connectivity index (χ2v) is 14.7. The maximum absolute atomic E-state index is 13.5. The van der Waals surface area contributed by atoms with Crippen LogP contribution in [0.4, 0.5) is 23.7 Å². The quantitative estimate of drug-likeness (QED) is 0.202. The van der Waals surface area contributed by atoms with E-state index in [2.05, 4.69) is 30.0 Å². The van der Waals surface area contributed by atoms with Gasteiger partial charge in [0.2, 0.25) is 5.91 Å². The van der Waals surface area contributed by atoms with Gasteiger partial charge in [-0.15, -0.1) is 0 Å². The number of benzene rings is 2. The minimum absolute atomic E-state index is 0.140. The number of hydrogen-bond acceptors (Lipinski definition) is 7. The first kappa shape index (κ1) is 38.5. The largest absolute Gasteiger partial charge is 0.542 e. The number of likely N-dealkylation sites (N-methyl/N-ethyl adjacent to an activating group) is 1. The molecule has 0 aromatic heterocycles. The molecule has 274 valence electrons. The summed E-state index contributed by atoms with van der Waals surface area (Å²) in [5, 5.41) is 27.2. The van der Waals surface area contributed by atoms with Crippen molar-refractivity contribution < 1.29 is 51.8 Å². The van der Waals surface area contributed by atoms with Crippen LogP contribution in [0.1, 0.15) is 68.3 Å². The van der Waals surface area contributed by atoms with Gasteiger partial charge in [-0.05, 0) is 92.8 Å². The van der Waals surface area contributed by atoms with Gasteiger partial charge in [0.15, 0.2) is 0 Å². The minimum atomic E-state index is -5.19. The number of carboxylic acids is 1. The van der Waals surface area contributed by atoms with Crippen molar-refractivity contribution in [3.8, 4) is 5.75 Å². The molecule has 2 aromatic rings. The number of phenolic OH excluding ortho intramolecular Hbond substituents is 1. The molecule has 4 saturated carbocycles. The summed E-state index contributed by atoms with van der Waals surface area (Å²) in [6.45, 7) is 4.93. The number of carbonyl (C=O) groups is 4. The number of nitrogens with one attached hydrogen (secondary N) is 3. The van der Waals surface area contributed by atoms with Crippen molar-refractivity contribution in [2.24, 2.45) is 17.8 Å². The first-order valence-electron chi connectivity index (χ1n) is 16.9. The average molecular weight is 705 g/mol. The summed E-state index contributed by atoms with van der Waals surface area (Å²) in [4.78, 5) is 47.4. The third kappa shape index (κ3) is 10.1. The van der Waals surface area contributed by atoms with Crippen LogP contribution in [0.2, 0.25) is 0 Å². The molecular weight excluding hydrogens is 657 g/mol. The third-order valence-electron chi connectivity index (χ3n) is 10.2. The Morgan fingerprint density at radius 3 is 1.94 bits per heavy atom. The molecule has 4 bridgehead atoms. The number of alkyl halides is 3. The number of ether oxygens (including phenoxy) is 1. The van der Waals surface area contributed by atoms with Gasteiger partial charge in [0.25, 0.3) is 0 Å². The third-order valence-corrected chi connectivity index (χ3v) is 10.2. The molecule has 0 aliphatic heterocycles. The van der Waals surface area contributed by atoms with Crippen LogP contribution >= 0.6 is 0 Å². The van der Waals surface area contributed by atoms with E-state index < -0.39 is 30.2 Å². The SMILES string of the molecule is CC(C)OC(=O)c1ccc(NC(=O)N[C@@H](Cc2ccc(O)cc2)C(=O)NCC[N+](C)(C)C23CC4CC(CC(C4)C2)C3)cc1.O=C([O-])C(F)(F)F. The highest BCUT2D eigenvalue weighted by Crippen LogP contribution is 2.58. The van der Waals surface area contributed by atoms with E-state index in [0.717, 1.165) is 34.3 Å². The molecule has 1 atom stereocenters. The number of aromatic hydroxyl groups is 1. The zero-order chi connectivity index (χ0) is 36.9. The molecule has 50 heavy (non-hydrogen) atoms. The highest BCUT2D eigenvalue weighted by molar-refractivity contribution is 5.95. The summed E-state index contributed by atoms with van der Waals surface area (Å²) in [6, 6.07) is 11.7. The van der Waals surface area contributed by atoms with Gasteiger partial charge in [-0.25, -0.2) is 9.59 Å². The molecule has 4 aliphatic rings. The molecular formula is C36H47F3N4O7. The maximum atomic E-state index is 13.5. The van der Waals surface area contributed by atoms with E-state index in [4.69, 9.17) is 14.6 Å². The van der Waals surface area contributed by atoms with Crippen LogP contribution in [-0.4, -0.2) is 84.5 Å². The summed E-state index contributed by atoms with van der Waals surface area (Å²) in [6.07, 6.45) is 2.94. The summed E-state index contributed by atoms with van der Waals surface area (Å²) >= 11 is 0. The highest BCUT2D eigenvalue weighted by Gasteiger charge is 2.58. The van der Waals surface area contributed by atoms with E-state index in [1.165, 1.54) is 38.5 Å². The molecule has 0 heterocycles. The number of rotatable bonds is 11. The van der Waals surface area contributed by atoms with Gasteiger partial charge in [0.1, 0.15) is 17.8 Å². The van der Waals surface area contributed by atoms with Gasteiger partial charge in [-0.1, -0.05) is 12.1 Å². The van der Waals surface area contributed by atoms with Gasteiger partial charge >= 0.3 is 18.2 Å². The van der Waals surface area contributed by atoms with Gasteiger partial charge in [0.05, 0.1) is 44.4 Å². The van der Waals surface area contributed by atoms with Crippen molar-refractivity contribution in [1.29, 1.82) is 0 Å². The van der Waals surface area contributed by atoms with Crippen molar-refractivity contribution in [2.45, 2.75) is 82.7 Å². The number of carboxylic acid groups (broad SMARTS) is 1. The first-order valence-corrected chi connectivity index (χ1v) is 16.9. The number of nitrogens with zero attached hydrogens (tertiary/aromatic N) is 1. The summed E-state index contributed by atoms with van der Waals surface area (Å²) in [5.41, 5.74) is 2.00. The maximum Gasteiger partial charge on any atom is 0.430 e. The smallest absolute Gasteiger partial charge is 0.430 e. The van der Waals surface area contributed by atoms with Crippen LogP contribution in [0, 0.1) is 17.8 Å². The lowest BCUT2D eigenvalue weighted by atomic mass is 9.52. The molecule has 2 aromatic carbocycles. The molecule has 4 aliphatic carbocycles. The molecule has 4 N–H and O–H groups in total. The van der Waals surface area contributed by atoms with E-state index in [0.29, 0.717) is 23.3 Å². The number of hydrogen-bond donors (Lipinski definition) is 4. The molecule has 3 amide bonds. The van der Waals surface area contributed by atoms with Crippen molar-refractivity contribution in [3.05, 3.63) is 59.7 Å². The number of anilines is 1. The first-order chi connectivity index (χ1) is 23.4. The summed E-state index contributed by atoms with van der Waals surface area (Å²) in [7, 11) is 4.65. The topological polar surface area (TPSA) is 157 Å². The lowest BCUT2D eigenvalue weighted by Crippen LogP contribution is -2.68. The number of urea groups is 1. The Kier molecular flexibility index (Phi) is 12.1. The van der Waals surface area contributed by atoms with Crippen molar-refractivity contribution in [3.63, 3.8) is 0 Å². The van der Waals surface area contributed by atoms with Gasteiger partial charge in [-0.2, -0.15) is 13.2 Å². The van der Waals surface area contributed by atoms with Crippen LogP contribution in [0.5, 0.6) is 5.75 Å². The van der Waals surface area contributed by atoms with E-state index >= 15 is 0 Å². The van der Waals surface area contributed by atoms with Gasteiger partial charge < -0.3 is 40.2 Å². The Labute approximate surface area is 290 Å². The molecule has 6 rings (SSSR count). The second-order valence-electron chi connectivity index (χ2n) is 14.7. The Morgan fingerprint density at radius 2 is 1.46 bits per heavy atom. The summed E-state index contributed by atoms with van der Waals surface area (Å²) in [5.74, 6) is -0.961. The Balaban J connectivity index is 0.000000727. The van der Waals surface area contributed by atoms with Crippen LogP contribution in [0.25, 0.3) is 0 Å². The lowest BCUT2D eigenvalue weighted by Gasteiger charge is -2.62. The normalized spacial score (nSPS) is 22.9. The monoisotopic (exact) mass is 704 g/mol. The molecule has 0 spiro atoms.